The number of nitro benzene ring substituents is 6. The fraction of sp³-hybridized carbons (Fsp3) is 0. The van der Waals surface area contributed by atoms with E-state index in [9.17, 15) is 60.7 Å². The summed E-state index contributed by atoms with van der Waals surface area (Å²) in [6.45, 7) is 0. The number of anilines is 4. The fourth-order valence-electron chi connectivity index (χ4n) is 3.10. The number of rotatable bonds is 10. The van der Waals surface area contributed by atoms with Crippen LogP contribution in [0.2, 0.25) is 0 Å². The molecule has 0 aliphatic rings. The molecule has 0 saturated carbocycles. The minimum Gasteiger partial charge on any atom is -0.341 e. The third kappa shape index (κ3) is 5.14. The van der Waals surface area contributed by atoms with E-state index in [4.69, 9.17) is 0 Å². The van der Waals surface area contributed by atoms with Crippen molar-refractivity contribution in [3.8, 4) is 0 Å². The van der Waals surface area contributed by atoms with Gasteiger partial charge in [-0.1, -0.05) is 0 Å². The van der Waals surface area contributed by atoms with E-state index in [1.54, 1.807) is 0 Å². The van der Waals surface area contributed by atoms with E-state index < -0.39 is 80.9 Å². The van der Waals surface area contributed by atoms with Crippen molar-refractivity contribution >= 4 is 57.0 Å². The molecule has 0 saturated heterocycles. The zero-order chi connectivity index (χ0) is 28.3. The van der Waals surface area contributed by atoms with Gasteiger partial charge in [0.2, 0.25) is 0 Å². The molecule has 0 unspecified atom stereocenters. The van der Waals surface area contributed by atoms with Gasteiger partial charge in [-0.15, -0.1) is 0 Å². The molecule has 0 amide bonds. The summed E-state index contributed by atoms with van der Waals surface area (Å²) in [6, 6.07) is 4.12. The van der Waals surface area contributed by atoms with Gasteiger partial charge in [-0.05, 0) is 12.1 Å². The number of non-ortho nitro benzene ring substituents is 2. The molecule has 1 heterocycles. The Balaban J connectivity index is 2.22. The van der Waals surface area contributed by atoms with Crippen molar-refractivity contribution < 1.29 is 29.5 Å². The van der Waals surface area contributed by atoms with Gasteiger partial charge in [0.1, 0.15) is 0 Å². The number of hydrogen-bond acceptors (Lipinski definition) is 15. The molecule has 3 aromatic rings. The third-order valence-electron chi connectivity index (χ3n) is 4.68. The van der Waals surface area contributed by atoms with Crippen LogP contribution in [0.3, 0.4) is 0 Å². The molecule has 21 nitrogen and oxygen atoms in total. The van der Waals surface area contributed by atoms with E-state index in [1.165, 1.54) is 6.07 Å². The lowest BCUT2D eigenvalue weighted by Crippen LogP contribution is -2.07. The maximum absolute atomic E-state index is 11.5. The summed E-state index contributed by atoms with van der Waals surface area (Å²) in [4.78, 5) is 65.4. The zero-order valence-electron chi connectivity index (χ0n) is 18.1. The van der Waals surface area contributed by atoms with E-state index in [2.05, 4.69) is 15.6 Å². The highest BCUT2D eigenvalue weighted by Crippen LogP contribution is 2.43. The molecule has 0 atom stereocenters. The second kappa shape index (κ2) is 10.1. The molecule has 38 heavy (non-hydrogen) atoms. The summed E-state index contributed by atoms with van der Waals surface area (Å²) in [6.07, 6.45) is 1.08. The van der Waals surface area contributed by atoms with Crippen LogP contribution in [0.15, 0.2) is 42.6 Å². The highest BCUT2D eigenvalue weighted by atomic mass is 16.6. The number of nitrogens with zero attached hydrogens (tertiary/aromatic N) is 7. The SMILES string of the molecule is O=[N+]([O-])c1cc([N+](=O)[O-])c(Nc2cccnc2Nc2c([N+](=O)[O-])cc([N+](=O)[O-])cc2[N+](=O)[O-])c([N+](=O)[O-])c1. The van der Waals surface area contributed by atoms with Crippen LogP contribution in [-0.2, 0) is 0 Å². The average molecular weight is 531 g/mol. The molecule has 0 aliphatic carbocycles. The van der Waals surface area contributed by atoms with Gasteiger partial charge in [-0.2, -0.15) is 0 Å². The van der Waals surface area contributed by atoms with Crippen LogP contribution in [0.25, 0.3) is 0 Å². The Hall–Kier alpha value is -6.41. The number of pyridine rings is 1. The van der Waals surface area contributed by atoms with E-state index in [0.29, 0.717) is 24.3 Å². The van der Waals surface area contributed by atoms with Crippen LogP contribution >= 0.6 is 0 Å². The number of hydrogen-bond donors (Lipinski definition) is 2. The normalized spacial score (nSPS) is 10.3. The Morgan fingerprint density at radius 3 is 1.26 bits per heavy atom. The van der Waals surface area contributed by atoms with Gasteiger partial charge >= 0.3 is 22.7 Å². The first-order valence-corrected chi connectivity index (χ1v) is 9.53. The standard InChI is InChI=1S/C17H9N9O12/c27-21(28)8-4-11(23(31)32)15(12(5-8)24(33)34)19-10-2-1-3-18-17(10)20-16-13(25(35)36)6-9(22(29)30)7-14(16)26(37)38/h1-7,19H,(H,18,20). The molecular weight excluding hydrogens is 522 g/mol. The topological polar surface area (TPSA) is 296 Å². The van der Waals surface area contributed by atoms with Crippen LogP contribution in [0.4, 0.5) is 57.0 Å². The monoisotopic (exact) mass is 531 g/mol. The molecule has 0 aliphatic heterocycles. The van der Waals surface area contributed by atoms with Gasteiger partial charge in [0.15, 0.2) is 17.2 Å². The van der Waals surface area contributed by atoms with Crippen molar-refractivity contribution in [3.05, 3.63) is 103 Å². The first-order chi connectivity index (χ1) is 17.8. The number of nitro groups is 6. The summed E-state index contributed by atoms with van der Waals surface area (Å²) >= 11 is 0. The molecule has 0 fully saturated rings. The van der Waals surface area contributed by atoms with Gasteiger partial charge in [0.25, 0.3) is 11.4 Å². The van der Waals surface area contributed by atoms with E-state index in [1.807, 2.05) is 0 Å². The Morgan fingerprint density at radius 1 is 0.553 bits per heavy atom. The minimum absolute atomic E-state index is 0.352. The van der Waals surface area contributed by atoms with Gasteiger partial charge in [-0.25, -0.2) is 4.98 Å². The maximum Gasteiger partial charge on any atom is 0.306 e. The van der Waals surface area contributed by atoms with Crippen LogP contribution < -0.4 is 10.6 Å². The van der Waals surface area contributed by atoms with Gasteiger partial charge < -0.3 is 10.6 Å². The van der Waals surface area contributed by atoms with Crippen molar-refractivity contribution in [2.45, 2.75) is 0 Å². The van der Waals surface area contributed by atoms with Crippen molar-refractivity contribution in [1.82, 2.24) is 4.98 Å². The van der Waals surface area contributed by atoms with Crippen LogP contribution in [0.5, 0.6) is 0 Å². The maximum atomic E-state index is 11.5. The quantitative estimate of drug-likeness (QED) is 0.275. The van der Waals surface area contributed by atoms with Crippen molar-refractivity contribution in [2.24, 2.45) is 0 Å². The lowest BCUT2D eigenvalue weighted by atomic mass is 10.2. The van der Waals surface area contributed by atoms with E-state index in [-0.39, 0.29) is 5.69 Å². The Morgan fingerprint density at radius 2 is 0.921 bits per heavy atom. The second-order valence-electron chi connectivity index (χ2n) is 6.91. The minimum atomic E-state index is -1.15. The molecule has 0 bridgehead atoms. The van der Waals surface area contributed by atoms with Crippen molar-refractivity contribution in [1.29, 1.82) is 0 Å². The third-order valence-corrected chi connectivity index (χ3v) is 4.68. The smallest absolute Gasteiger partial charge is 0.306 e. The highest BCUT2D eigenvalue weighted by Gasteiger charge is 2.33. The molecule has 21 heteroatoms. The molecule has 2 aromatic carbocycles. The van der Waals surface area contributed by atoms with E-state index in [0.717, 1.165) is 12.3 Å². The molecule has 0 spiro atoms. The Bertz CT molecular complexity index is 1370. The molecule has 0 radical (unpaired) electrons. The molecule has 194 valence electrons. The lowest BCUT2D eigenvalue weighted by Gasteiger charge is -2.13. The van der Waals surface area contributed by atoms with Crippen LogP contribution in [0.1, 0.15) is 0 Å². The summed E-state index contributed by atoms with van der Waals surface area (Å²) in [5.74, 6) is -0.491. The lowest BCUT2D eigenvalue weighted by molar-refractivity contribution is -0.402. The van der Waals surface area contributed by atoms with Gasteiger partial charge in [0.05, 0.1) is 59.5 Å². The molecular formula is C17H9N9O12. The number of benzene rings is 2. The van der Waals surface area contributed by atoms with Crippen LogP contribution in [0, 0.1) is 60.7 Å². The average Bonchev–Trinajstić information content (AvgIpc) is 2.84. The van der Waals surface area contributed by atoms with Crippen molar-refractivity contribution in [3.63, 3.8) is 0 Å². The molecule has 3 rings (SSSR count). The molecule has 2 N–H and O–H groups in total. The largest absolute Gasteiger partial charge is 0.341 e. The van der Waals surface area contributed by atoms with Crippen LogP contribution in [-0.4, -0.2) is 34.5 Å². The Labute approximate surface area is 206 Å². The predicted molar refractivity (Wildman–Crippen MR) is 124 cm³/mol. The second-order valence-corrected chi connectivity index (χ2v) is 6.91. The number of aromatic nitrogens is 1. The van der Waals surface area contributed by atoms with Gasteiger partial charge in [0, 0.05) is 6.20 Å². The van der Waals surface area contributed by atoms with Crippen molar-refractivity contribution in [2.75, 3.05) is 10.6 Å². The summed E-state index contributed by atoms with van der Waals surface area (Å²) in [5, 5.41) is 72.9. The summed E-state index contributed by atoms with van der Waals surface area (Å²) in [5.41, 5.74) is -8.37. The Kier molecular flexibility index (Phi) is 6.94. The fourth-order valence-corrected chi connectivity index (χ4v) is 3.10. The first kappa shape index (κ1) is 26.2. The predicted octanol–water partition coefficient (Wildman–Crippen LogP) is 4.02. The van der Waals surface area contributed by atoms with Gasteiger partial charge in [-0.3, -0.25) is 60.7 Å². The molecule has 1 aromatic heterocycles. The first-order valence-electron chi connectivity index (χ1n) is 9.53. The highest BCUT2D eigenvalue weighted by molar-refractivity contribution is 5.88. The zero-order valence-corrected chi connectivity index (χ0v) is 18.1. The summed E-state index contributed by atoms with van der Waals surface area (Å²) < 4.78 is 0. The summed E-state index contributed by atoms with van der Waals surface area (Å²) in [7, 11) is 0. The number of nitrogens with one attached hydrogen (secondary N) is 2. The van der Waals surface area contributed by atoms with E-state index >= 15 is 0 Å².